The number of piperidine rings is 1. The minimum absolute atomic E-state index is 0.418. The summed E-state index contributed by atoms with van der Waals surface area (Å²) in [5, 5.41) is 0.418. The van der Waals surface area contributed by atoms with E-state index in [4.69, 9.17) is 11.6 Å². The van der Waals surface area contributed by atoms with Gasteiger partial charge >= 0.3 is 0 Å². The maximum Gasteiger partial charge on any atom is 0.0365 e. The summed E-state index contributed by atoms with van der Waals surface area (Å²) in [5.41, 5.74) is 2.79. The molecule has 2 heterocycles. The average Bonchev–Trinajstić information content (AvgIpc) is 2.56. The van der Waals surface area contributed by atoms with Gasteiger partial charge < -0.3 is 0 Å². The van der Waals surface area contributed by atoms with E-state index in [0.717, 1.165) is 18.6 Å². The van der Waals surface area contributed by atoms with Gasteiger partial charge in [-0.2, -0.15) is 0 Å². The predicted octanol–water partition coefficient (Wildman–Crippen LogP) is 3.73. The summed E-state index contributed by atoms with van der Waals surface area (Å²) in [4.78, 5) is 2.68. The molecule has 2 atom stereocenters. The van der Waals surface area contributed by atoms with Crippen LogP contribution in [-0.4, -0.2) is 22.4 Å². The molecular weight excluding hydrogens is 230 g/mol. The van der Waals surface area contributed by atoms with Crippen molar-refractivity contribution in [2.75, 3.05) is 0 Å². The molecule has 2 unspecified atom stereocenters. The highest BCUT2D eigenvalue weighted by Gasteiger charge is 2.39. The van der Waals surface area contributed by atoms with Crippen molar-refractivity contribution in [2.24, 2.45) is 0 Å². The van der Waals surface area contributed by atoms with Gasteiger partial charge in [-0.3, -0.25) is 4.90 Å². The largest absolute Gasteiger partial charge is 0.293 e. The lowest BCUT2D eigenvalue weighted by molar-refractivity contribution is 0.134. The van der Waals surface area contributed by atoms with E-state index >= 15 is 0 Å². The van der Waals surface area contributed by atoms with Crippen molar-refractivity contribution in [1.29, 1.82) is 0 Å². The minimum Gasteiger partial charge on any atom is -0.293 e. The Kier molecular flexibility index (Phi) is 3.14. The zero-order chi connectivity index (χ0) is 11.8. The molecular formula is C15H20ClN. The summed E-state index contributed by atoms with van der Waals surface area (Å²) in [6.45, 7) is 3.26. The Morgan fingerprint density at radius 1 is 1.12 bits per heavy atom. The highest BCUT2D eigenvalue weighted by Crippen LogP contribution is 2.38. The minimum atomic E-state index is 0.418. The SMILES string of the molecule is Cc1ccc(CN2C3CCC2CC(Cl)C3)cc1. The fraction of sp³-hybridized carbons (Fsp3) is 0.600. The molecule has 1 aromatic carbocycles. The van der Waals surface area contributed by atoms with Crippen LogP contribution in [0.3, 0.4) is 0 Å². The van der Waals surface area contributed by atoms with Gasteiger partial charge in [-0.05, 0) is 38.2 Å². The molecule has 2 aliphatic rings. The summed E-state index contributed by atoms with van der Waals surface area (Å²) in [7, 11) is 0. The van der Waals surface area contributed by atoms with Crippen molar-refractivity contribution in [3.05, 3.63) is 35.4 Å². The van der Waals surface area contributed by atoms with E-state index in [1.165, 1.54) is 36.8 Å². The van der Waals surface area contributed by atoms with Crippen molar-refractivity contribution in [3.8, 4) is 0 Å². The summed E-state index contributed by atoms with van der Waals surface area (Å²) < 4.78 is 0. The van der Waals surface area contributed by atoms with Gasteiger partial charge in [-0.1, -0.05) is 29.8 Å². The first-order valence-electron chi connectivity index (χ1n) is 6.68. The van der Waals surface area contributed by atoms with Gasteiger partial charge in [0, 0.05) is 24.0 Å². The van der Waals surface area contributed by atoms with Crippen molar-refractivity contribution in [2.45, 2.75) is 56.6 Å². The van der Waals surface area contributed by atoms with Gasteiger partial charge in [0.1, 0.15) is 0 Å². The second kappa shape index (κ2) is 4.62. The first-order valence-corrected chi connectivity index (χ1v) is 7.11. The molecule has 1 aromatic rings. The van der Waals surface area contributed by atoms with Crippen LogP contribution in [0.1, 0.15) is 36.8 Å². The fourth-order valence-electron chi connectivity index (χ4n) is 3.37. The lowest BCUT2D eigenvalue weighted by atomic mass is 10.0. The Morgan fingerprint density at radius 2 is 1.71 bits per heavy atom. The van der Waals surface area contributed by atoms with Gasteiger partial charge in [0.05, 0.1) is 0 Å². The van der Waals surface area contributed by atoms with Crippen LogP contribution in [0, 0.1) is 6.92 Å². The third-order valence-electron chi connectivity index (χ3n) is 4.31. The molecule has 0 amide bonds. The molecule has 1 nitrogen and oxygen atoms in total. The van der Waals surface area contributed by atoms with Gasteiger partial charge in [-0.15, -0.1) is 11.6 Å². The quantitative estimate of drug-likeness (QED) is 0.722. The molecule has 0 N–H and O–H groups in total. The summed E-state index contributed by atoms with van der Waals surface area (Å²) in [5.74, 6) is 0. The molecule has 0 aromatic heterocycles. The van der Waals surface area contributed by atoms with E-state index in [1.807, 2.05) is 0 Å². The third-order valence-corrected chi connectivity index (χ3v) is 4.67. The van der Waals surface area contributed by atoms with Crippen LogP contribution in [0.25, 0.3) is 0 Å². The molecule has 2 bridgehead atoms. The van der Waals surface area contributed by atoms with E-state index < -0.39 is 0 Å². The number of fused-ring (bicyclic) bond motifs is 2. The molecule has 0 aliphatic carbocycles. The summed E-state index contributed by atoms with van der Waals surface area (Å²) in [6, 6.07) is 10.4. The predicted molar refractivity (Wildman–Crippen MR) is 72.4 cm³/mol. The first-order chi connectivity index (χ1) is 8.22. The second-order valence-electron chi connectivity index (χ2n) is 5.61. The van der Waals surface area contributed by atoms with E-state index in [1.54, 1.807) is 0 Å². The standard InChI is InChI=1S/C15H20ClN/c1-11-2-4-12(5-3-11)10-17-14-6-7-15(17)9-13(16)8-14/h2-5,13-15H,6-10H2,1H3. The maximum absolute atomic E-state index is 6.31. The lowest BCUT2D eigenvalue weighted by Crippen LogP contribution is -2.42. The Hall–Kier alpha value is -0.530. The number of hydrogen-bond donors (Lipinski definition) is 0. The molecule has 2 heteroatoms. The van der Waals surface area contributed by atoms with E-state index in [-0.39, 0.29) is 0 Å². The lowest BCUT2D eigenvalue weighted by Gasteiger charge is -2.37. The zero-order valence-electron chi connectivity index (χ0n) is 10.4. The molecule has 0 radical (unpaired) electrons. The third kappa shape index (κ3) is 2.36. The van der Waals surface area contributed by atoms with Crippen LogP contribution in [0.2, 0.25) is 0 Å². The number of rotatable bonds is 2. The second-order valence-corrected chi connectivity index (χ2v) is 6.23. The number of hydrogen-bond acceptors (Lipinski definition) is 1. The number of nitrogens with zero attached hydrogens (tertiary/aromatic N) is 1. The average molecular weight is 250 g/mol. The van der Waals surface area contributed by atoms with Crippen molar-refractivity contribution in [3.63, 3.8) is 0 Å². The van der Waals surface area contributed by atoms with Gasteiger partial charge in [-0.25, -0.2) is 0 Å². The van der Waals surface area contributed by atoms with Gasteiger partial charge in [0.2, 0.25) is 0 Å². The molecule has 2 aliphatic heterocycles. The Labute approximate surface area is 109 Å². The number of halogens is 1. The van der Waals surface area contributed by atoms with E-state index in [0.29, 0.717) is 5.38 Å². The number of benzene rings is 1. The smallest absolute Gasteiger partial charge is 0.0365 e. The monoisotopic (exact) mass is 249 g/mol. The normalized spacial score (nSPS) is 32.9. The van der Waals surface area contributed by atoms with Crippen LogP contribution in [0.4, 0.5) is 0 Å². The highest BCUT2D eigenvalue weighted by atomic mass is 35.5. The summed E-state index contributed by atoms with van der Waals surface area (Å²) in [6.07, 6.45) is 5.06. The van der Waals surface area contributed by atoms with E-state index in [2.05, 4.69) is 36.1 Å². The molecule has 0 spiro atoms. The Bertz CT molecular complexity index is 372. The first kappa shape index (κ1) is 11.6. The van der Waals surface area contributed by atoms with Crippen LogP contribution in [0.5, 0.6) is 0 Å². The van der Waals surface area contributed by atoms with Crippen LogP contribution < -0.4 is 0 Å². The fourth-order valence-corrected chi connectivity index (χ4v) is 3.78. The summed E-state index contributed by atoms with van der Waals surface area (Å²) >= 11 is 6.31. The van der Waals surface area contributed by atoms with Crippen molar-refractivity contribution < 1.29 is 0 Å². The molecule has 92 valence electrons. The highest BCUT2D eigenvalue weighted by molar-refractivity contribution is 6.20. The molecule has 17 heavy (non-hydrogen) atoms. The number of aryl methyl sites for hydroxylation is 1. The molecule has 2 saturated heterocycles. The Morgan fingerprint density at radius 3 is 2.29 bits per heavy atom. The van der Waals surface area contributed by atoms with Crippen LogP contribution in [0.15, 0.2) is 24.3 Å². The number of alkyl halides is 1. The van der Waals surface area contributed by atoms with Crippen LogP contribution >= 0.6 is 11.6 Å². The molecule has 0 saturated carbocycles. The van der Waals surface area contributed by atoms with Crippen LogP contribution in [-0.2, 0) is 6.54 Å². The zero-order valence-corrected chi connectivity index (χ0v) is 11.2. The van der Waals surface area contributed by atoms with Crippen molar-refractivity contribution >= 4 is 11.6 Å². The van der Waals surface area contributed by atoms with E-state index in [9.17, 15) is 0 Å². The Balaban J connectivity index is 1.72. The maximum atomic E-state index is 6.31. The van der Waals surface area contributed by atoms with Gasteiger partial charge in [0.15, 0.2) is 0 Å². The van der Waals surface area contributed by atoms with Gasteiger partial charge in [0.25, 0.3) is 0 Å². The molecule has 3 rings (SSSR count). The van der Waals surface area contributed by atoms with Crippen molar-refractivity contribution in [1.82, 2.24) is 4.90 Å². The topological polar surface area (TPSA) is 3.24 Å². The molecule has 2 fully saturated rings.